The second kappa shape index (κ2) is 7.26. The van der Waals surface area contributed by atoms with Crippen molar-refractivity contribution >= 4 is 44.9 Å². The standard InChI is InChI=1S/C15H15N5O2S2.ClH/c1-10-12(13-9-23-15(18-13)19-14(16)17)7-8-20(10)24(21,22)11-5-3-2-4-6-11;/h2-9H,1H3,(H4,16,17,18,19);1H. The quantitative estimate of drug-likeness (QED) is 0.518. The first-order chi connectivity index (χ1) is 11.4. The third-order valence-corrected chi connectivity index (χ3v) is 5.91. The number of hydrogen-bond acceptors (Lipinski definition) is 5. The van der Waals surface area contributed by atoms with E-state index in [-0.39, 0.29) is 23.3 Å². The maximum Gasteiger partial charge on any atom is 0.267 e. The summed E-state index contributed by atoms with van der Waals surface area (Å²) < 4.78 is 26.7. The van der Waals surface area contributed by atoms with Gasteiger partial charge in [-0.25, -0.2) is 17.4 Å². The molecule has 0 amide bonds. The highest BCUT2D eigenvalue weighted by molar-refractivity contribution is 7.90. The van der Waals surface area contributed by atoms with Crippen LogP contribution < -0.4 is 11.5 Å². The van der Waals surface area contributed by atoms with Crippen LogP contribution in [0.3, 0.4) is 0 Å². The summed E-state index contributed by atoms with van der Waals surface area (Å²) in [6.07, 6.45) is 1.52. The lowest BCUT2D eigenvalue weighted by Crippen LogP contribution is -2.21. The Hall–Kier alpha value is -2.36. The lowest BCUT2D eigenvalue weighted by Gasteiger charge is -2.08. The predicted molar refractivity (Wildman–Crippen MR) is 102 cm³/mol. The Kier molecular flexibility index (Phi) is 5.51. The van der Waals surface area contributed by atoms with Crippen LogP contribution in [0.4, 0.5) is 5.13 Å². The molecule has 2 heterocycles. The zero-order valence-corrected chi connectivity index (χ0v) is 15.6. The van der Waals surface area contributed by atoms with Crippen molar-refractivity contribution in [2.45, 2.75) is 11.8 Å². The first-order valence-electron chi connectivity index (χ1n) is 6.93. The van der Waals surface area contributed by atoms with Gasteiger partial charge in [-0.3, -0.25) is 0 Å². The Morgan fingerprint density at radius 2 is 1.88 bits per heavy atom. The molecule has 7 nitrogen and oxygen atoms in total. The van der Waals surface area contributed by atoms with E-state index in [9.17, 15) is 8.42 Å². The van der Waals surface area contributed by atoms with Crippen molar-refractivity contribution in [2.75, 3.05) is 0 Å². The van der Waals surface area contributed by atoms with E-state index in [1.165, 1.54) is 21.5 Å². The number of rotatable bonds is 4. The summed E-state index contributed by atoms with van der Waals surface area (Å²) in [5.41, 5.74) is 12.6. The van der Waals surface area contributed by atoms with Gasteiger partial charge in [0.1, 0.15) is 0 Å². The van der Waals surface area contributed by atoms with Crippen molar-refractivity contribution in [3.8, 4) is 11.3 Å². The van der Waals surface area contributed by atoms with Gasteiger partial charge in [-0.2, -0.15) is 4.99 Å². The fourth-order valence-electron chi connectivity index (χ4n) is 2.28. The van der Waals surface area contributed by atoms with Crippen LogP contribution in [0.25, 0.3) is 11.3 Å². The molecule has 0 aliphatic carbocycles. The fraction of sp³-hybridized carbons (Fsp3) is 0.0667. The molecule has 3 aromatic rings. The van der Waals surface area contributed by atoms with Crippen LogP contribution in [-0.2, 0) is 10.0 Å². The number of guanidine groups is 1. The minimum atomic E-state index is -3.64. The molecule has 0 aliphatic rings. The molecule has 0 fully saturated rings. The highest BCUT2D eigenvalue weighted by Crippen LogP contribution is 2.30. The molecule has 132 valence electrons. The maximum absolute atomic E-state index is 12.7. The van der Waals surface area contributed by atoms with E-state index < -0.39 is 10.0 Å². The third kappa shape index (κ3) is 3.68. The highest BCUT2D eigenvalue weighted by Gasteiger charge is 2.21. The molecular weight excluding hydrogens is 382 g/mol. The summed E-state index contributed by atoms with van der Waals surface area (Å²) in [5.74, 6) is -0.0724. The van der Waals surface area contributed by atoms with E-state index in [1.54, 1.807) is 48.7 Å². The van der Waals surface area contributed by atoms with E-state index in [0.29, 0.717) is 22.1 Å². The van der Waals surface area contributed by atoms with Gasteiger partial charge in [-0.1, -0.05) is 18.2 Å². The number of thiazole rings is 1. The second-order valence-electron chi connectivity index (χ2n) is 4.98. The average molecular weight is 398 g/mol. The zero-order chi connectivity index (χ0) is 17.3. The molecule has 0 saturated carbocycles. The molecule has 10 heteroatoms. The van der Waals surface area contributed by atoms with Gasteiger partial charge in [0, 0.05) is 22.8 Å². The van der Waals surface area contributed by atoms with Crippen molar-refractivity contribution < 1.29 is 8.42 Å². The van der Waals surface area contributed by atoms with Gasteiger partial charge < -0.3 is 11.5 Å². The minimum absolute atomic E-state index is 0. The van der Waals surface area contributed by atoms with E-state index in [2.05, 4.69) is 9.98 Å². The van der Waals surface area contributed by atoms with Crippen molar-refractivity contribution in [2.24, 2.45) is 16.5 Å². The van der Waals surface area contributed by atoms with Crippen LogP contribution in [0.2, 0.25) is 0 Å². The number of nitrogens with two attached hydrogens (primary N) is 2. The molecule has 0 radical (unpaired) electrons. The lowest BCUT2D eigenvalue weighted by molar-refractivity contribution is 0.586. The summed E-state index contributed by atoms with van der Waals surface area (Å²) >= 11 is 1.28. The minimum Gasteiger partial charge on any atom is -0.370 e. The molecule has 25 heavy (non-hydrogen) atoms. The summed E-state index contributed by atoms with van der Waals surface area (Å²) in [6.45, 7) is 1.73. The third-order valence-electron chi connectivity index (χ3n) is 3.39. The van der Waals surface area contributed by atoms with E-state index in [1.807, 2.05) is 0 Å². The van der Waals surface area contributed by atoms with E-state index in [0.717, 1.165) is 0 Å². The largest absolute Gasteiger partial charge is 0.370 e. The van der Waals surface area contributed by atoms with Gasteiger partial charge in [0.25, 0.3) is 10.0 Å². The monoisotopic (exact) mass is 397 g/mol. The van der Waals surface area contributed by atoms with E-state index >= 15 is 0 Å². The molecular formula is C15H16ClN5O2S2. The Balaban J connectivity index is 0.00000225. The average Bonchev–Trinajstić information content (AvgIpc) is 3.14. The van der Waals surface area contributed by atoms with Crippen LogP contribution in [0.15, 0.2) is 57.9 Å². The van der Waals surface area contributed by atoms with Crippen molar-refractivity contribution in [1.82, 2.24) is 8.96 Å². The van der Waals surface area contributed by atoms with Gasteiger partial charge in [0.05, 0.1) is 10.6 Å². The molecule has 0 unspecified atom stereocenters. The van der Waals surface area contributed by atoms with Crippen LogP contribution in [0, 0.1) is 6.92 Å². The van der Waals surface area contributed by atoms with Gasteiger partial charge in [0.15, 0.2) is 5.96 Å². The Morgan fingerprint density at radius 1 is 1.20 bits per heavy atom. The molecule has 3 rings (SSSR count). The van der Waals surface area contributed by atoms with Gasteiger partial charge in [0.2, 0.25) is 5.13 Å². The van der Waals surface area contributed by atoms with Gasteiger partial charge in [-0.05, 0) is 25.1 Å². The molecule has 0 aliphatic heterocycles. The van der Waals surface area contributed by atoms with Crippen LogP contribution in [0.1, 0.15) is 5.69 Å². The number of halogens is 1. The Morgan fingerprint density at radius 3 is 2.52 bits per heavy atom. The van der Waals surface area contributed by atoms with Crippen molar-refractivity contribution in [3.05, 3.63) is 53.7 Å². The molecule has 1 aromatic carbocycles. The Labute approximate surface area is 155 Å². The Bertz CT molecular complexity index is 1010. The number of aromatic nitrogens is 2. The number of benzene rings is 1. The highest BCUT2D eigenvalue weighted by atomic mass is 35.5. The predicted octanol–water partition coefficient (Wildman–Crippen LogP) is 2.48. The van der Waals surface area contributed by atoms with Gasteiger partial charge >= 0.3 is 0 Å². The number of aliphatic imine (C=N–C) groups is 1. The molecule has 2 aromatic heterocycles. The molecule has 0 saturated heterocycles. The number of nitrogens with zero attached hydrogens (tertiary/aromatic N) is 3. The first-order valence-corrected chi connectivity index (χ1v) is 9.25. The molecule has 0 bridgehead atoms. The zero-order valence-electron chi connectivity index (χ0n) is 13.2. The van der Waals surface area contributed by atoms with Crippen molar-refractivity contribution in [3.63, 3.8) is 0 Å². The number of hydrogen-bond donors (Lipinski definition) is 2. The second-order valence-corrected chi connectivity index (χ2v) is 7.63. The van der Waals surface area contributed by atoms with Crippen LogP contribution in [0.5, 0.6) is 0 Å². The van der Waals surface area contributed by atoms with Crippen molar-refractivity contribution in [1.29, 1.82) is 0 Å². The van der Waals surface area contributed by atoms with Crippen LogP contribution >= 0.6 is 23.7 Å². The lowest BCUT2D eigenvalue weighted by atomic mass is 10.2. The topological polar surface area (TPSA) is 116 Å². The molecule has 0 spiro atoms. The summed E-state index contributed by atoms with van der Waals surface area (Å²) in [6, 6.07) is 9.99. The SMILES string of the molecule is Cc1c(-c2csc(N=C(N)N)n2)ccn1S(=O)(=O)c1ccccc1.Cl. The van der Waals surface area contributed by atoms with E-state index in [4.69, 9.17) is 11.5 Å². The summed E-state index contributed by atoms with van der Waals surface area (Å²) in [4.78, 5) is 8.44. The summed E-state index contributed by atoms with van der Waals surface area (Å²) in [7, 11) is -3.64. The maximum atomic E-state index is 12.7. The molecule has 0 atom stereocenters. The normalized spacial score (nSPS) is 10.9. The fourth-order valence-corrected chi connectivity index (χ4v) is 4.39. The first kappa shape index (κ1) is 19.0. The van der Waals surface area contributed by atoms with Crippen LogP contribution in [-0.4, -0.2) is 23.3 Å². The smallest absolute Gasteiger partial charge is 0.267 e. The summed E-state index contributed by atoms with van der Waals surface area (Å²) in [5, 5.41) is 2.20. The van der Waals surface area contributed by atoms with Gasteiger partial charge in [-0.15, -0.1) is 23.7 Å². The molecule has 4 N–H and O–H groups in total.